The van der Waals surface area contributed by atoms with E-state index in [1.54, 1.807) is 24.4 Å². The predicted octanol–water partition coefficient (Wildman–Crippen LogP) is 5.27. The van der Waals surface area contributed by atoms with E-state index in [2.05, 4.69) is 22.4 Å². The van der Waals surface area contributed by atoms with Gasteiger partial charge in [-0.2, -0.15) is 0 Å². The zero-order valence-electron chi connectivity index (χ0n) is 16.4. The molecule has 0 fully saturated rings. The van der Waals surface area contributed by atoms with E-state index in [4.69, 9.17) is 8.94 Å². The summed E-state index contributed by atoms with van der Waals surface area (Å²) in [5.74, 6) is 0.691. The van der Waals surface area contributed by atoms with Crippen LogP contribution in [0, 0.1) is 5.82 Å². The van der Waals surface area contributed by atoms with Gasteiger partial charge < -0.3 is 8.94 Å². The largest absolute Gasteiger partial charge is 0.441 e. The molecule has 4 aromatic rings. The second-order valence-corrected chi connectivity index (χ2v) is 6.80. The van der Waals surface area contributed by atoms with E-state index in [9.17, 15) is 9.18 Å². The van der Waals surface area contributed by atoms with Crippen LogP contribution in [-0.4, -0.2) is 16.0 Å². The maximum Gasteiger partial charge on any atom is 0.231 e. The third-order valence-corrected chi connectivity index (χ3v) is 4.68. The molecule has 0 atom stereocenters. The predicted molar refractivity (Wildman–Crippen MR) is 110 cm³/mol. The Morgan fingerprint density at radius 3 is 2.53 bits per heavy atom. The molecule has 152 valence electrons. The van der Waals surface area contributed by atoms with Crippen LogP contribution in [0.15, 0.2) is 69.7 Å². The van der Waals surface area contributed by atoms with E-state index in [0.717, 1.165) is 17.5 Å². The van der Waals surface area contributed by atoms with Crippen LogP contribution in [0.4, 0.5) is 10.3 Å². The van der Waals surface area contributed by atoms with Gasteiger partial charge >= 0.3 is 0 Å². The lowest BCUT2D eigenvalue weighted by molar-refractivity contribution is -0.116. The van der Waals surface area contributed by atoms with Crippen molar-refractivity contribution in [1.29, 1.82) is 0 Å². The quantitative estimate of drug-likeness (QED) is 0.453. The lowest BCUT2D eigenvalue weighted by Crippen LogP contribution is -2.11. The Balaban J connectivity index is 1.32. The summed E-state index contributed by atoms with van der Waals surface area (Å²) in [6, 6.07) is 15.7. The van der Waals surface area contributed by atoms with Crippen molar-refractivity contribution in [3.63, 3.8) is 0 Å². The van der Waals surface area contributed by atoms with E-state index in [1.807, 2.05) is 24.3 Å². The molecule has 30 heavy (non-hydrogen) atoms. The lowest BCUT2D eigenvalue weighted by Gasteiger charge is -1.99. The van der Waals surface area contributed by atoms with Crippen molar-refractivity contribution in [1.82, 2.24) is 10.1 Å². The van der Waals surface area contributed by atoms with Crippen LogP contribution >= 0.6 is 0 Å². The number of aromatic nitrogens is 2. The van der Waals surface area contributed by atoms with E-state index in [-0.39, 0.29) is 24.0 Å². The topological polar surface area (TPSA) is 81.2 Å². The standard InChI is InChI=1S/C23H20FN3O3/c1-2-15-3-5-16(6-4-15)19-13-23(30-27-19)26-21(28)11-12-22-25-14-20(29-22)17-7-9-18(24)10-8-17/h3-10,13-14H,2,11-12H2,1H3,(H,26,28). The molecule has 0 saturated heterocycles. The van der Waals surface area contributed by atoms with Crippen molar-refractivity contribution in [2.75, 3.05) is 5.32 Å². The van der Waals surface area contributed by atoms with Gasteiger partial charge in [0, 0.05) is 30.0 Å². The maximum absolute atomic E-state index is 13.0. The van der Waals surface area contributed by atoms with Crippen molar-refractivity contribution in [3.05, 3.63) is 78.1 Å². The van der Waals surface area contributed by atoms with Crippen molar-refractivity contribution in [2.24, 2.45) is 0 Å². The van der Waals surface area contributed by atoms with Gasteiger partial charge in [0.1, 0.15) is 11.5 Å². The smallest absolute Gasteiger partial charge is 0.231 e. The number of benzene rings is 2. The van der Waals surface area contributed by atoms with Crippen LogP contribution in [0.2, 0.25) is 0 Å². The SMILES string of the molecule is CCc1ccc(-c2cc(NC(=O)CCc3ncc(-c4ccc(F)cc4)o3)on2)cc1. The fourth-order valence-electron chi connectivity index (χ4n) is 2.98. The van der Waals surface area contributed by atoms with Crippen molar-refractivity contribution in [3.8, 4) is 22.6 Å². The molecule has 0 aliphatic rings. The summed E-state index contributed by atoms with van der Waals surface area (Å²) in [7, 11) is 0. The van der Waals surface area contributed by atoms with Crippen LogP contribution in [-0.2, 0) is 17.6 Å². The molecule has 2 heterocycles. The van der Waals surface area contributed by atoms with Gasteiger partial charge in [-0.15, -0.1) is 0 Å². The fourth-order valence-corrected chi connectivity index (χ4v) is 2.98. The molecule has 1 N–H and O–H groups in total. The minimum Gasteiger partial charge on any atom is -0.441 e. The van der Waals surface area contributed by atoms with Gasteiger partial charge in [-0.25, -0.2) is 9.37 Å². The molecule has 0 bridgehead atoms. The number of hydrogen-bond acceptors (Lipinski definition) is 5. The maximum atomic E-state index is 13.0. The zero-order valence-corrected chi connectivity index (χ0v) is 16.4. The second kappa shape index (κ2) is 8.73. The first kappa shape index (κ1) is 19.6. The van der Waals surface area contributed by atoms with Gasteiger partial charge in [-0.05, 0) is 36.2 Å². The van der Waals surface area contributed by atoms with Crippen molar-refractivity contribution < 1.29 is 18.1 Å². The second-order valence-electron chi connectivity index (χ2n) is 6.80. The summed E-state index contributed by atoms with van der Waals surface area (Å²) in [6.07, 6.45) is 3.03. The average molecular weight is 405 g/mol. The number of hydrogen-bond donors (Lipinski definition) is 1. The van der Waals surface area contributed by atoms with Crippen LogP contribution in [0.1, 0.15) is 24.8 Å². The van der Waals surface area contributed by atoms with Crippen LogP contribution in [0.3, 0.4) is 0 Å². The number of halogens is 1. The minimum absolute atomic E-state index is 0.171. The van der Waals surface area contributed by atoms with Crippen LogP contribution < -0.4 is 5.32 Å². The molecule has 0 unspecified atom stereocenters. The number of oxazole rings is 1. The Kier molecular flexibility index (Phi) is 5.70. The first-order valence-electron chi connectivity index (χ1n) is 9.67. The van der Waals surface area contributed by atoms with Gasteiger partial charge in [-0.3, -0.25) is 10.1 Å². The number of amides is 1. The molecule has 2 aromatic carbocycles. The molecule has 4 rings (SSSR count). The highest BCUT2D eigenvalue weighted by molar-refractivity contribution is 5.89. The van der Waals surface area contributed by atoms with E-state index < -0.39 is 0 Å². The number of carbonyl (C=O) groups is 1. The van der Waals surface area contributed by atoms with Gasteiger partial charge in [0.25, 0.3) is 0 Å². The fraction of sp³-hybridized carbons (Fsp3) is 0.174. The number of aryl methyl sites for hydroxylation is 2. The molecule has 6 nitrogen and oxygen atoms in total. The average Bonchev–Trinajstić information content (AvgIpc) is 3.43. The van der Waals surface area contributed by atoms with E-state index in [0.29, 0.717) is 23.8 Å². The Morgan fingerprint density at radius 1 is 1.07 bits per heavy atom. The Bertz CT molecular complexity index is 1130. The van der Waals surface area contributed by atoms with Gasteiger partial charge in [0.15, 0.2) is 11.7 Å². The molecule has 2 aromatic heterocycles. The number of carbonyl (C=O) groups excluding carboxylic acids is 1. The van der Waals surface area contributed by atoms with Gasteiger partial charge in [0.2, 0.25) is 11.8 Å². The molecular formula is C23H20FN3O3. The normalized spacial score (nSPS) is 10.9. The molecule has 0 spiro atoms. The summed E-state index contributed by atoms with van der Waals surface area (Å²) >= 11 is 0. The monoisotopic (exact) mass is 405 g/mol. The number of nitrogens with one attached hydrogen (secondary N) is 1. The summed E-state index contributed by atoms with van der Waals surface area (Å²) < 4.78 is 23.9. The highest BCUT2D eigenvalue weighted by Gasteiger charge is 2.12. The first-order chi connectivity index (χ1) is 14.6. The lowest BCUT2D eigenvalue weighted by atomic mass is 10.1. The van der Waals surface area contributed by atoms with E-state index >= 15 is 0 Å². The number of nitrogens with zero attached hydrogens (tertiary/aromatic N) is 2. The van der Waals surface area contributed by atoms with Crippen molar-refractivity contribution in [2.45, 2.75) is 26.2 Å². The molecule has 0 radical (unpaired) electrons. The third-order valence-electron chi connectivity index (χ3n) is 4.68. The Morgan fingerprint density at radius 2 is 1.80 bits per heavy atom. The zero-order chi connectivity index (χ0) is 20.9. The highest BCUT2D eigenvalue weighted by atomic mass is 19.1. The Hall–Kier alpha value is -3.74. The third kappa shape index (κ3) is 4.63. The first-order valence-corrected chi connectivity index (χ1v) is 9.67. The van der Waals surface area contributed by atoms with E-state index in [1.165, 1.54) is 17.7 Å². The summed E-state index contributed by atoms with van der Waals surface area (Å²) in [5.41, 5.74) is 3.54. The number of anilines is 1. The minimum atomic E-state index is -0.316. The molecule has 7 heteroatoms. The molecule has 0 aliphatic heterocycles. The van der Waals surface area contributed by atoms with Crippen molar-refractivity contribution >= 4 is 11.8 Å². The molecule has 0 aliphatic carbocycles. The number of rotatable bonds is 7. The van der Waals surface area contributed by atoms with Gasteiger partial charge in [-0.1, -0.05) is 36.3 Å². The summed E-state index contributed by atoms with van der Waals surface area (Å²) in [5, 5.41) is 6.70. The Labute approximate surface area is 172 Å². The highest BCUT2D eigenvalue weighted by Crippen LogP contribution is 2.23. The summed E-state index contributed by atoms with van der Waals surface area (Å²) in [6.45, 7) is 2.10. The molecular weight excluding hydrogens is 385 g/mol. The molecule has 1 amide bonds. The van der Waals surface area contributed by atoms with Crippen LogP contribution in [0.5, 0.6) is 0 Å². The molecule has 0 saturated carbocycles. The van der Waals surface area contributed by atoms with Crippen LogP contribution in [0.25, 0.3) is 22.6 Å². The van der Waals surface area contributed by atoms with Gasteiger partial charge in [0.05, 0.1) is 6.20 Å². The summed E-state index contributed by atoms with van der Waals surface area (Å²) in [4.78, 5) is 16.4.